The van der Waals surface area contributed by atoms with Crippen molar-refractivity contribution in [3.8, 4) is 0 Å². The first-order valence-electron chi connectivity index (χ1n) is 6.27. The average Bonchev–Trinajstić information content (AvgIpc) is 2.36. The van der Waals surface area contributed by atoms with Crippen molar-refractivity contribution in [2.45, 2.75) is 52.0 Å². The zero-order valence-corrected chi connectivity index (χ0v) is 11.0. The summed E-state index contributed by atoms with van der Waals surface area (Å²) in [4.78, 5) is 35.5. The summed E-state index contributed by atoms with van der Waals surface area (Å²) in [7, 11) is 0. The first-order chi connectivity index (χ1) is 8.49. The highest BCUT2D eigenvalue weighted by atomic mass is 16.4. The molecular weight excluding hydrogens is 236 g/mol. The second-order valence-corrected chi connectivity index (χ2v) is 4.00. The van der Waals surface area contributed by atoms with Crippen LogP contribution in [-0.2, 0) is 14.4 Å². The molecule has 0 saturated heterocycles. The maximum absolute atomic E-state index is 11.7. The van der Waals surface area contributed by atoms with E-state index in [1.807, 2.05) is 0 Å². The minimum atomic E-state index is -1.14. The maximum atomic E-state index is 11.7. The molecule has 0 aromatic rings. The number of imide groups is 1. The van der Waals surface area contributed by atoms with Gasteiger partial charge < -0.3 is 10.8 Å². The number of hydrogen-bond donors (Lipinski definition) is 2. The number of carboxylic acids is 1. The van der Waals surface area contributed by atoms with E-state index in [-0.39, 0.29) is 19.3 Å². The van der Waals surface area contributed by atoms with Gasteiger partial charge in [-0.2, -0.15) is 0 Å². The summed E-state index contributed by atoms with van der Waals surface area (Å²) in [6.07, 6.45) is 1.75. The number of rotatable bonds is 8. The Labute approximate surface area is 107 Å². The topological polar surface area (TPSA) is 101 Å². The molecule has 0 bridgehead atoms. The van der Waals surface area contributed by atoms with Gasteiger partial charge in [-0.05, 0) is 25.8 Å². The molecule has 0 aromatic heterocycles. The van der Waals surface area contributed by atoms with Gasteiger partial charge in [-0.3, -0.25) is 14.5 Å². The van der Waals surface area contributed by atoms with Crippen molar-refractivity contribution in [2.24, 2.45) is 5.73 Å². The van der Waals surface area contributed by atoms with Crippen LogP contribution in [0.5, 0.6) is 0 Å². The highest BCUT2D eigenvalue weighted by Crippen LogP contribution is 2.13. The molecule has 6 heteroatoms. The molecule has 0 spiro atoms. The average molecular weight is 258 g/mol. The summed E-state index contributed by atoms with van der Waals surface area (Å²) in [6.45, 7) is 3.68. The zero-order chi connectivity index (χ0) is 14.1. The Morgan fingerprint density at radius 3 is 1.94 bits per heavy atom. The fourth-order valence-corrected chi connectivity index (χ4v) is 1.67. The number of carboxylic acid groups (broad SMARTS) is 1. The SMILES string of the molecule is CCC(=O)N(C(=O)CC)C(CCCCN)C(=O)O. The molecule has 0 aliphatic heterocycles. The van der Waals surface area contributed by atoms with Crippen LogP contribution in [0.4, 0.5) is 0 Å². The number of carbonyl (C=O) groups excluding carboxylic acids is 2. The van der Waals surface area contributed by atoms with Crippen molar-refractivity contribution in [2.75, 3.05) is 6.54 Å². The van der Waals surface area contributed by atoms with Gasteiger partial charge in [0.25, 0.3) is 0 Å². The van der Waals surface area contributed by atoms with Crippen LogP contribution in [-0.4, -0.2) is 40.4 Å². The lowest BCUT2D eigenvalue weighted by atomic mass is 10.1. The van der Waals surface area contributed by atoms with Crippen molar-refractivity contribution in [3.63, 3.8) is 0 Å². The van der Waals surface area contributed by atoms with E-state index in [2.05, 4.69) is 0 Å². The fraction of sp³-hybridized carbons (Fsp3) is 0.750. The van der Waals surface area contributed by atoms with Crippen molar-refractivity contribution in [3.05, 3.63) is 0 Å². The van der Waals surface area contributed by atoms with Crippen LogP contribution in [0.15, 0.2) is 0 Å². The van der Waals surface area contributed by atoms with Gasteiger partial charge in [0.15, 0.2) is 0 Å². The number of unbranched alkanes of at least 4 members (excludes halogenated alkanes) is 1. The van der Waals surface area contributed by atoms with Crippen molar-refractivity contribution in [1.29, 1.82) is 0 Å². The molecule has 18 heavy (non-hydrogen) atoms. The monoisotopic (exact) mass is 258 g/mol. The molecule has 0 aliphatic rings. The Balaban J connectivity index is 4.91. The minimum Gasteiger partial charge on any atom is -0.480 e. The second kappa shape index (κ2) is 8.63. The predicted octanol–water partition coefficient (Wildman–Crippen LogP) is 0.744. The highest BCUT2D eigenvalue weighted by molar-refractivity contribution is 5.99. The van der Waals surface area contributed by atoms with E-state index >= 15 is 0 Å². The third-order valence-electron chi connectivity index (χ3n) is 2.67. The Hall–Kier alpha value is -1.43. The van der Waals surface area contributed by atoms with Crippen molar-refractivity contribution < 1.29 is 19.5 Å². The normalized spacial score (nSPS) is 11.9. The van der Waals surface area contributed by atoms with Crippen LogP contribution in [0.1, 0.15) is 46.0 Å². The van der Waals surface area contributed by atoms with Crippen LogP contribution in [0.2, 0.25) is 0 Å². The standard InChI is InChI=1S/C12H22N2O4/c1-3-10(15)14(11(16)4-2)9(12(17)18)7-5-6-8-13/h9H,3-8,13H2,1-2H3,(H,17,18). The molecule has 0 saturated carbocycles. The molecular formula is C12H22N2O4. The molecule has 3 N–H and O–H groups in total. The summed E-state index contributed by atoms with van der Waals surface area (Å²) in [5.41, 5.74) is 5.34. The molecule has 6 nitrogen and oxygen atoms in total. The van der Waals surface area contributed by atoms with Crippen molar-refractivity contribution in [1.82, 2.24) is 4.90 Å². The molecule has 0 heterocycles. The molecule has 1 unspecified atom stereocenters. The Kier molecular flexibility index (Phi) is 7.94. The van der Waals surface area contributed by atoms with Gasteiger partial charge in [0, 0.05) is 12.8 Å². The number of nitrogens with zero attached hydrogens (tertiary/aromatic N) is 1. The summed E-state index contributed by atoms with van der Waals surface area (Å²) in [5, 5.41) is 9.15. The predicted molar refractivity (Wildman–Crippen MR) is 66.8 cm³/mol. The molecule has 0 aromatic carbocycles. The van der Waals surface area contributed by atoms with Gasteiger partial charge in [-0.25, -0.2) is 4.79 Å². The Morgan fingerprint density at radius 2 is 1.61 bits per heavy atom. The molecule has 0 rings (SSSR count). The van der Waals surface area contributed by atoms with Gasteiger partial charge in [0.05, 0.1) is 0 Å². The third kappa shape index (κ3) is 4.83. The van der Waals surface area contributed by atoms with E-state index in [0.29, 0.717) is 19.4 Å². The summed E-state index contributed by atoms with van der Waals surface area (Å²) in [6, 6.07) is -1.07. The van der Waals surface area contributed by atoms with E-state index in [0.717, 1.165) is 4.90 Å². The van der Waals surface area contributed by atoms with Crippen LogP contribution in [0, 0.1) is 0 Å². The lowest BCUT2D eigenvalue weighted by Gasteiger charge is -2.26. The highest BCUT2D eigenvalue weighted by Gasteiger charge is 2.32. The zero-order valence-electron chi connectivity index (χ0n) is 11.0. The molecule has 0 fully saturated rings. The summed E-state index contributed by atoms with van der Waals surface area (Å²) in [5.74, 6) is -2.03. The largest absolute Gasteiger partial charge is 0.480 e. The van der Waals surface area contributed by atoms with Crippen LogP contribution < -0.4 is 5.73 Å². The van der Waals surface area contributed by atoms with Gasteiger partial charge in [-0.15, -0.1) is 0 Å². The van der Waals surface area contributed by atoms with E-state index in [1.54, 1.807) is 13.8 Å². The number of carbonyl (C=O) groups is 3. The first-order valence-corrected chi connectivity index (χ1v) is 6.27. The molecule has 1 atom stereocenters. The summed E-state index contributed by atoms with van der Waals surface area (Å²) >= 11 is 0. The second-order valence-electron chi connectivity index (χ2n) is 4.00. The first kappa shape index (κ1) is 16.6. The number of amides is 2. The lowest BCUT2D eigenvalue weighted by molar-refractivity contribution is -0.158. The lowest BCUT2D eigenvalue weighted by Crippen LogP contribution is -2.48. The van der Waals surface area contributed by atoms with Crippen molar-refractivity contribution >= 4 is 17.8 Å². The Bertz CT molecular complexity index is 288. The molecule has 2 amide bonds. The number of aliphatic carboxylic acids is 1. The van der Waals surface area contributed by atoms with Gasteiger partial charge in [-0.1, -0.05) is 13.8 Å². The van der Waals surface area contributed by atoms with E-state index in [1.165, 1.54) is 0 Å². The summed E-state index contributed by atoms with van der Waals surface area (Å²) < 4.78 is 0. The van der Waals surface area contributed by atoms with E-state index < -0.39 is 23.8 Å². The van der Waals surface area contributed by atoms with Crippen LogP contribution >= 0.6 is 0 Å². The van der Waals surface area contributed by atoms with Crippen LogP contribution in [0.25, 0.3) is 0 Å². The van der Waals surface area contributed by atoms with Gasteiger partial charge >= 0.3 is 5.97 Å². The van der Waals surface area contributed by atoms with Gasteiger partial charge in [0.2, 0.25) is 11.8 Å². The number of hydrogen-bond acceptors (Lipinski definition) is 4. The smallest absolute Gasteiger partial charge is 0.326 e. The Morgan fingerprint density at radius 1 is 1.11 bits per heavy atom. The minimum absolute atomic E-state index is 0.117. The quantitative estimate of drug-likeness (QED) is 0.625. The molecule has 0 aliphatic carbocycles. The fourth-order valence-electron chi connectivity index (χ4n) is 1.67. The van der Waals surface area contributed by atoms with E-state index in [9.17, 15) is 14.4 Å². The van der Waals surface area contributed by atoms with E-state index in [4.69, 9.17) is 10.8 Å². The molecule has 0 radical (unpaired) electrons. The third-order valence-corrected chi connectivity index (χ3v) is 2.67. The molecule has 104 valence electrons. The maximum Gasteiger partial charge on any atom is 0.326 e. The van der Waals surface area contributed by atoms with Gasteiger partial charge in [0.1, 0.15) is 6.04 Å². The number of nitrogens with two attached hydrogens (primary N) is 1. The van der Waals surface area contributed by atoms with Crippen LogP contribution in [0.3, 0.4) is 0 Å².